The molecule has 5 nitrogen and oxygen atoms in total. The molecule has 5 heteroatoms. The number of hydrogen-bond donors (Lipinski definition) is 1. The van der Waals surface area contributed by atoms with Crippen LogP contribution in [-0.4, -0.2) is 71.9 Å². The lowest BCUT2D eigenvalue weighted by molar-refractivity contribution is 0.101. The van der Waals surface area contributed by atoms with Gasteiger partial charge >= 0.3 is 0 Å². The van der Waals surface area contributed by atoms with Crippen LogP contribution in [0.5, 0.6) is 0 Å². The number of piperazine rings is 1. The molecule has 0 spiro atoms. The second-order valence-electron chi connectivity index (χ2n) is 6.30. The van der Waals surface area contributed by atoms with Gasteiger partial charge in [0.25, 0.3) is 0 Å². The highest BCUT2D eigenvalue weighted by Gasteiger charge is 2.25. The fraction of sp³-hybridized carbons (Fsp3) is 0.812. The van der Waals surface area contributed by atoms with Crippen molar-refractivity contribution in [3.63, 3.8) is 0 Å². The molecule has 1 aliphatic rings. The number of nitrogens with one attached hydrogen (secondary N) is 1. The Labute approximate surface area is 129 Å². The Morgan fingerprint density at radius 2 is 2.14 bits per heavy atom. The SMILES string of the molecule is CCNC(Cc1cnn(CC)c1)CC1CN(C)CCN1C. The molecule has 0 bridgehead atoms. The lowest BCUT2D eigenvalue weighted by Crippen LogP contribution is -2.52. The summed E-state index contributed by atoms with van der Waals surface area (Å²) in [6.45, 7) is 9.83. The topological polar surface area (TPSA) is 36.3 Å². The molecule has 120 valence electrons. The Morgan fingerprint density at radius 3 is 2.81 bits per heavy atom. The second kappa shape index (κ2) is 7.92. The molecule has 0 aromatic carbocycles. The van der Waals surface area contributed by atoms with E-state index in [0.717, 1.165) is 19.5 Å². The number of aromatic nitrogens is 2. The number of aryl methyl sites for hydroxylation is 1. The summed E-state index contributed by atoms with van der Waals surface area (Å²) < 4.78 is 2.01. The van der Waals surface area contributed by atoms with Crippen molar-refractivity contribution in [2.75, 3.05) is 40.3 Å². The van der Waals surface area contributed by atoms with Gasteiger partial charge in [-0.3, -0.25) is 4.68 Å². The van der Waals surface area contributed by atoms with Gasteiger partial charge in [-0.1, -0.05) is 6.92 Å². The van der Waals surface area contributed by atoms with Crippen LogP contribution in [0, 0.1) is 0 Å². The Bertz CT molecular complexity index is 417. The summed E-state index contributed by atoms with van der Waals surface area (Å²) >= 11 is 0. The highest BCUT2D eigenvalue weighted by atomic mass is 15.3. The van der Waals surface area contributed by atoms with E-state index in [4.69, 9.17) is 0 Å². The quantitative estimate of drug-likeness (QED) is 0.815. The zero-order valence-corrected chi connectivity index (χ0v) is 14.0. The molecule has 21 heavy (non-hydrogen) atoms. The molecule has 1 saturated heterocycles. The Morgan fingerprint density at radius 1 is 1.33 bits per heavy atom. The minimum Gasteiger partial charge on any atom is -0.314 e. The third-order valence-electron chi connectivity index (χ3n) is 4.52. The number of likely N-dealkylation sites (N-methyl/N-ethyl adjacent to an activating group) is 3. The maximum atomic E-state index is 4.39. The van der Waals surface area contributed by atoms with Crippen LogP contribution in [0.15, 0.2) is 12.4 Å². The molecule has 1 fully saturated rings. The van der Waals surface area contributed by atoms with Crippen LogP contribution >= 0.6 is 0 Å². The normalized spacial score (nSPS) is 22.6. The maximum Gasteiger partial charge on any atom is 0.0522 e. The predicted molar refractivity (Wildman–Crippen MR) is 87.6 cm³/mol. The van der Waals surface area contributed by atoms with Gasteiger partial charge in [0.2, 0.25) is 0 Å². The smallest absolute Gasteiger partial charge is 0.0522 e. The lowest BCUT2D eigenvalue weighted by Gasteiger charge is -2.39. The van der Waals surface area contributed by atoms with Crippen LogP contribution in [0.3, 0.4) is 0 Å². The molecular weight excluding hydrogens is 262 g/mol. The van der Waals surface area contributed by atoms with Gasteiger partial charge in [0.1, 0.15) is 0 Å². The van der Waals surface area contributed by atoms with Gasteiger partial charge in [-0.05, 0) is 46.0 Å². The summed E-state index contributed by atoms with van der Waals surface area (Å²) in [5, 5.41) is 8.05. The van der Waals surface area contributed by atoms with Crippen molar-refractivity contribution in [1.29, 1.82) is 0 Å². The fourth-order valence-electron chi connectivity index (χ4n) is 3.18. The average Bonchev–Trinajstić information content (AvgIpc) is 2.91. The van der Waals surface area contributed by atoms with Crippen LogP contribution in [0.2, 0.25) is 0 Å². The molecule has 0 amide bonds. The molecule has 2 heterocycles. The molecule has 1 aromatic rings. The van der Waals surface area contributed by atoms with Crippen molar-refractivity contribution < 1.29 is 0 Å². The third-order valence-corrected chi connectivity index (χ3v) is 4.52. The summed E-state index contributed by atoms with van der Waals surface area (Å²) in [6, 6.07) is 1.18. The third kappa shape index (κ3) is 4.80. The van der Waals surface area contributed by atoms with Gasteiger partial charge in [-0.25, -0.2) is 0 Å². The Balaban J connectivity index is 1.94. The fourth-order valence-corrected chi connectivity index (χ4v) is 3.18. The molecule has 2 atom stereocenters. The van der Waals surface area contributed by atoms with Gasteiger partial charge in [0.15, 0.2) is 0 Å². The first-order chi connectivity index (χ1) is 10.1. The van der Waals surface area contributed by atoms with Crippen LogP contribution in [-0.2, 0) is 13.0 Å². The molecule has 1 N–H and O–H groups in total. The average molecular weight is 293 g/mol. The lowest BCUT2D eigenvalue weighted by atomic mass is 9.98. The first kappa shape index (κ1) is 16.5. The summed E-state index contributed by atoms with van der Waals surface area (Å²) in [7, 11) is 4.49. The van der Waals surface area contributed by atoms with Crippen LogP contribution in [0.25, 0.3) is 0 Å². The maximum absolute atomic E-state index is 4.39. The number of hydrogen-bond acceptors (Lipinski definition) is 4. The summed E-state index contributed by atoms with van der Waals surface area (Å²) in [6.07, 6.45) is 6.47. The molecule has 0 aliphatic carbocycles. The van der Waals surface area contributed by atoms with Gasteiger partial charge < -0.3 is 15.1 Å². The van der Waals surface area contributed by atoms with Gasteiger partial charge in [-0.15, -0.1) is 0 Å². The highest BCUT2D eigenvalue weighted by Crippen LogP contribution is 2.14. The van der Waals surface area contributed by atoms with E-state index < -0.39 is 0 Å². The summed E-state index contributed by atoms with van der Waals surface area (Å²) in [5.41, 5.74) is 1.34. The van der Waals surface area contributed by atoms with E-state index in [9.17, 15) is 0 Å². The molecule has 0 saturated carbocycles. The molecular formula is C16H31N5. The molecule has 2 rings (SSSR count). The van der Waals surface area contributed by atoms with Gasteiger partial charge in [0, 0.05) is 44.5 Å². The van der Waals surface area contributed by atoms with Gasteiger partial charge in [-0.2, -0.15) is 5.10 Å². The minimum absolute atomic E-state index is 0.531. The summed E-state index contributed by atoms with van der Waals surface area (Å²) in [5.74, 6) is 0. The monoisotopic (exact) mass is 293 g/mol. The number of rotatable bonds is 7. The van der Waals surface area contributed by atoms with E-state index in [2.05, 4.69) is 54.4 Å². The van der Waals surface area contributed by atoms with E-state index in [1.165, 1.54) is 31.6 Å². The van der Waals surface area contributed by atoms with E-state index in [1.54, 1.807) is 0 Å². The first-order valence-electron chi connectivity index (χ1n) is 8.25. The van der Waals surface area contributed by atoms with Crippen molar-refractivity contribution in [2.24, 2.45) is 0 Å². The molecule has 1 aliphatic heterocycles. The van der Waals surface area contributed by atoms with E-state index >= 15 is 0 Å². The van der Waals surface area contributed by atoms with Crippen LogP contribution < -0.4 is 5.32 Å². The second-order valence-corrected chi connectivity index (χ2v) is 6.30. The molecule has 1 aromatic heterocycles. The van der Waals surface area contributed by atoms with E-state index in [0.29, 0.717) is 12.1 Å². The first-order valence-corrected chi connectivity index (χ1v) is 8.25. The molecule has 2 unspecified atom stereocenters. The number of nitrogens with zero attached hydrogens (tertiary/aromatic N) is 4. The van der Waals surface area contributed by atoms with Gasteiger partial charge in [0.05, 0.1) is 6.20 Å². The Hall–Kier alpha value is -0.910. The van der Waals surface area contributed by atoms with Crippen molar-refractivity contribution in [3.8, 4) is 0 Å². The predicted octanol–water partition coefficient (Wildman–Crippen LogP) is 1.06. The zero-order valence-electron chi connectivity index (χ0n) is 14.0. The van der Waals surface area contributed by atoms with E-state index in [-0.39, 0.29) is 0 Å². The Kier molecular flexibility index (Phi) is 6.21. The van der Waals surface area contributed by atoms with Crippen molar-refractivity contribution in [1.82, 2.24) is 24.9 Å². The standard InChI is InChI=1S/C16H31N5/c1-5-17-15(9-14-11-18-21(6-2)12-14)10-16-13-19(3)7-8-20(16)4/h11-12,15-17H,5-10,13H2,1-4H3. The largest absolute Gasteiger partial charge is 0.314 e. The summed E-state index contributed by atoms with van der Waals surface area (Å²) in [4.78, 5) is 4.96. The zero-order chi connectivity index (χ0) is 15.2. The van der Waals surface area contributed by atoms with Crippen molar-refractivity contribution >= 4 is 0 Å². The van der Waals surface area contributed by atoms with E-state index in [1.807, 2.05) is 10.9 Å². The highest BCUT2D eigenvalue weighted by molar-refractivity contribution is 5.06. The molecule has 0 radical (unpaired) electrons. The van der Waals surface area contributed by atoms with Crippen LogP contribution in [0.1, 0.15) is 25.8 Å². The van der Waals surface area contributed by atoms with Crippen molar-refractivity contribution in [2.45, 2.75) is 45.3 Å². The minimum atomic E-state index is 0.531. The van der Waals surface area contributed by atoms with Crippen molar-refractivity contribution in [3.05, 3.63) is 18.0 Å². The van der Waals surface area contributed by atoms with Crippen LogP contribution in [0.4, 0.5) is 0 Å².